The Bertz CT molecular complexity index is 541. The first-order valence-electron chi connectivity index (χ1n) is 7.34. The van der Waals surface area contributed by atoms with Gasteiger partial charge in [0.05, 0.1) is 17.6 Å². The molecule has 1 saturated carbocycles. The Labute approximate surface area is 114 Å². The number of methoxy groups -OCH3 is 1. The van der Waals surface area contributed by atoms with Gasteiger partial charge in [-0.25, -0.2) is 4.98 Å². The average Bonchev–Trinajstić information content (AvgIpc) is 2.85. The number of hydrogen-bond donors (Lipinski definition) is 0. The van der Waals surface area contributed by atoms with Crippen LogP contribution in [0.1, 0.15) is 43.8 Å². The van der Waals surface area contributed by atoms with E-state index in [-0.39, 0.29) is 0 Å². The van der Waals surface area contributed by atoms with Crippen LogP contribution in [0.3, 0.4) is 0 Å². The largest absolute Gasteiger partial charge is 0.383 e. The summed E-state index contributed by atoms with van der Waals surface area (Å²) < 4.78 is 7.63. The van der Waals surface area contributed by atoms with Gasteiger partial charge < -0.3 is 9.30 Å². The molecule has 0 radical (unpaired) electrons. The summed E-state index contributed by atoms with van der Waals surface area (Å²) in [6.07, 6.45) is 6.65. The predicted molar refractivity (Wildman–Crippen MR) is 77.4 cm³/mol. The predicted octanol–water partition coefficient (Wildman–Crippen LogP) is 3.73. The molecule has 0 atom stereocenters. The number of hydrogen-bond acceptors (Lipinski definition) is 2. The molecule has 1 aliphatic carbocycles. The molecule has 19 heavy (non-hydrogen) atoms. The van der Waals surface area contributed by atoms with Gasteiger partial charge in [-0.3, -0.25) is 0 Å². The van der Waals surface area contributed by atoms with Crippen LogP contribution >= 0.6 is 0 Å². The molecule has 1 aromatic carbocycles. The minimum absolute atomic E-state index is 0.637. The fourth-order valence-electron chi connectivity index (χ4n) is 3.18. The first-order chi connectivity index (χ1) is 9.40. The van der Waals surface area contributed by atoms with Crippen LogP contribution in [0, 0.1) is 0 Å². The molecule has 3 rings (SSSR count). The summed E-state index contributed by atoms with van der Waals surface area (Å²) in [7, 11) is 1.76. The van der Waals surface area contributed by atoms with Crippen molar-refractivity contribution in [1.82, 2.24) is 9.55 Å². The molecule has 1 aliphatic rings. The van der Waals surface area contributed by atoms with Gasteiger partial charge in [-0.2, -0.15) is 0 Å². The molecule has 102 valence electrons. The Balaban J connectivity index is 2.00. The van der Waals surface area contributed by atoms with Crippen LogP contribution in [0.4, 0.5) is 0 Å². The fraction of sp³-hybridized carbons (Fsp3) is 0.562. The molecule has 0 amide bonds. The molecule has 0 bridgehead atoms. The van der Waals surface area contributed by atoms with Crippen molar-refractivity contribution >= 4 is 11.0 Å². The molecule has 0 unspecified atom stereocenters. The Hall–Kier alpha value is -1.35. The first-order valence-corrected chi connectivity index (χ1v) is 7.34. The van der Waals surface area contributed by atoms with E-state index in [1.165, 1.54) is 43.4 Å². The molecular weight excluding hydrogens is 236 g/mol. The van der Waals surface area contributed by atoms with E-state index in [0.717, 1.165) is 18.7 Å². The van der Waals surface area contributed by atoms with Crippen LogP contribution in [0.2, 0.25) is 0 Å². The van der Waals surface area contributed by atoms with Gasteiger partial charge in [-0.15, -0.1) is 0 Å². The third kappa shape index (κ3) is 2.52. The molecule has 0 aliphatic heterocycles. The van der Waals surface area contributed by atoms with Crippen molar-refractivity contribution in [1.29, 1.82) is 0 Å². The lowest BCUT2D eigenvalue weighted by atomic mass is 9.88. The zero-order valence-corrected chi connectivity index (χ0v) is 11.6. The SMILES string of the molecule is COCCn1c(C2CCCCC2)nc2ccccc21. The minimum atomic E-state index is 0.637. The fourth-order valence-corrected chi connectivity index (χ4v) is 3.18. The van der Waals surface area contributed by atoms with Crippen LogP contribution in [0.15, 0.2) is 24.3 Å². The molecule has 0 saturated heterocycles. The van der Waals surface area contributed by atoms with Gasteiger partial charge in [-0.05, 0) is 25.0 Å². The zero-order valence-electron chi connectivity index (χ0n) is 11.6. The minimum Gasteiger partial charge on any atom is -0.383 e. The van der Waals surface area contributed by atoms with E-state index in [1.54, 1.807) is 7.11 Å². The lowest BCUT2D eigenvalue weighted by Gasteiger charge is -2.22. The molecular formula is C16H22N2O. The lowest BCUT2D eigenvalue weighted by molar-refractivity contribution is 0.186. The van der Waals surface area contributed by atoms with Crippen molar-refractivity contribution in [3.8, 4) is 0 Å². The summed E-state index contributed by atoms with van der Waals surface area (Å²) in [6, 6.07) is 8.45. The van der Waals surface area contributed by atoms with Gasteiger partial charge >= 0.3 is 0 Å². The highest BCUT2D eigenvalue weighted by Crippen LogP contribution is 2.33. The van der Waals surface area contributed by atoms with E-state index in [4.69, 9.17) is 9.72 Å². The van der Waals surface area contributed by atoms with Crippen molar-refractivity contribution in [3.63, 3.8) is 0 Å². The summed E-state index contributed by atoms with van der Waals surface area (Å²) in [5.74, 6) is 1.91. The molecule has 1 heterocycles. The molecule has 1 fully saturated rings. The monoisotopic (exact) mass is 258 g/mol. The number of rotatable bonds is 4. The maximum Gasteiger partial charge on any atom is 0.113 e. The van der Waals surface area contributed by atoms with E-state index in [0.29, 0.717) is 5.92 Å². The van der Waals surface area contributed by atoms with Gasteiger partial charge in [-0.1, -0.05) is 31.4 Å². The second kappa shape index (κ2) is 5.74. The standard InChI is InChI=1S/C16H22N2O/c1-19-12-11-18-15-10-6-5-9-14(15)17-16(18)13-7-3-2-4-8-13/h5-6,9-10,13H,2-4,7-8,11-12H2,1H3. The maximum atomic E-state index is 5.26. The number of ether oxygens (including phenoxy) is 1. The smallest absolute Gasteiger partial charge is 0.113 e. The Morgan fingerprint density at radius 1 is 1.21 bits per heavy atom. The second-order valence-electron chi connectivity index (χ2n) is 5.44. The number of para-hydroxylation sites is 2. The van der Waals surface area contributed by atoms with Crippen LogP contribution in [-0.4, -0.2) is 23.3 Å². The van der Waals surface area contributed by atoms with Gasteiger partial charge in [0, 0.05) is 19.6 Å². The van der Waals surface area contributed by atoms with Crippen molar-refractivity contribution in [2.75, 3.05) is 13.7 Å². The molecule has 2 aromatic rings. The molecule has 0 spiro atoms. The third-order valence-electron chi connectivity index (χ3n) is 4.17. The van der Waals surface area contributed by atoms with Crippen molar-refractivity contribution < 1.29 is 4.74 Å². The van der Waals surface area contributed by atoms with Gasteiger partial charge in [0.1, 0.15) is 5.82 Å². The summed E-state index contributed by atoms with van der Waals surface area (Å²) in [5.41, 5.74) is 2.37. The topological polar surface area (TPSA) is 27.1 Å². The van der Waals surface area contributed by atoms with Gasteiger partial charge in [0.25, 0.3) is 0 Å². The van der Waals surface area contributed by atoms with E-state index in [9.17, 15) is 0 Å². The highest BCUT2D eigenvalue weighted by molar-refractivity contribution is 5.76. The highest BCUT2D eigenvalue weighted by Gasteiger charge is 2.22. The Kier molecular flexibility index (Phi) is 3.83. The van der Waals surface area contributed by atoms with Crippen molar-refractivity contribution in [2.24, 2.45) is 0 Å². The summed E-state index contributed by atoms with van der Waals surface area (Å²) >= 11 is 0. The van der Waals surface area contributed by atoms with E-state index in [1.807, 2.05) is 0 Å². The van der Waals surface area contributed by atoms with Crippen LogP contribution < -0.4 is 0 Å². The first kappa shape index (κ1) is 12.7. The van der Waals surface area contributed by atoms with Gasteiger partial charge in [0.2, 0.25) is 0 Å². The third-order valence-corrected chi connectivity index (χ3v) is 4.17. The summed E-state index contributed by atoms with van der Waals surface area (Å²) in [5, 5.41) is 0. The molecule has 3 nitrogen and oxygen atoms in total. The number of imidazole rings is 1. The normalized spacial score (nSPS) is 17.1. The summed E-state index contributed by atoms with van der Waals surface area (Å²) in [6.45, 7) is 1.66. The zero-order chi connectivity index (χ0) is 13.1. The van der Waals surface area contributed by atoms with E-state index in [2.05, 4.69) is 28.8 Å². The van der Waals surface area contributed by atoms with E-state index < -0.39 is 0 Å². The lowest BCUT2D eigenvalue weighted by Crippen LogP contribution is -2.14. The number of aromatic nitrogens is 2. The Morgan fingerprint density at radius 3 is 2.79 bits per heavy atom. The van der Waals surface area contributed by atoms with E-state index >= 15 is 0 Å². The number of fused-ring (bicyclic) bond motifs is 1. The second-order valence-corrected chi connectivity index (χ2v) is 5.44. The number of nitrogens with zero attached hydrogens (tertiary/aromatic N) is 2. The quantitative estimate of drug-likeness (QED) is 0.835. The maximum absolute atomic E-state index is 5.26. The highest BCUT2D eigenvalue weighted by atomic mass is 16.5. The molecule has 0 N–H and O–H groups in total. The van der Waals surface area contributed by atoms with Crippen molar-refractivity contribution in [3.05, 3.63) is 30.1 Å². The Morgan fingerprint density at radius 2 is 2.00 bits per heavy atom. The average molecular weight is 258 g/mol. The summed E-state index contributed by atoms with van der Waals surface area (Å²) in [4.78, 5) is 4.90. The van der Waals surface area contributed by atoms with Crippen LogP contribution in [0.25, 0.3) is 11.0 Å². The molecule has 3 heteroatoms. The van der Waals surface area contributed by atoms with Crippen LogP contribution in [0.5, 0.6) is 0 Å². The van der Waals surface area contributed by atoms with Crippen LogP contribution in [-0.2, 0) is 11.3 Å². The van der Waals surface area contributed by atoms with Crippen molar-refractivity contribution in [2.45, 2.75) is 44.6 Å². The van der Waals surface area contributed by atoms with Gasteiger partial charge in [0.15, 0.2) is 0 Å². The number of benzene rings is 1. The molecule has 1 aromatic heterocycles.